The monoisotopic (exact) mass is 284 g/mol. The van der Waals surface area contributed by atoms with Gasteiger partial charge in [-0.3, -0.25) is 4.79 Å². The van der Waals surface area contributed by atoms with E-state index in [9.17, 15) is 9.59 Å². The molecule has 1 fully saturated rings. The minimum Gasteiger partial charge on any atom is -0.481 e. The largest absolute Gasteiger partial charge is 0.481 e. The zero-order valence-electron chi connectivity index (χ0n) is 13.3. The zero-order chi connectivity index (χ0) is 15.5. The Balaban J connectivity index is 2.49. The highest BCUT2D eigenvalue weighted by Gasteiger charge is 2.31. The molecule has 1 aliphatic rings. The number of nitrogens with one attached hydrogen (secondary N) is 1. The SMILES string of the molecule is CC(NC(=O)N(C)C1CCC(C)(C)CC1)C(C)C(=O)O. The lowest BCUT2D eigenvalue weighted by Gasteiger charge is -2.39. The summed E-state index contributed by atoms with van der Waals surface area (Å²) >= 11 is 0. The summed E-state index contributed by atoms with van der Waals surface area (Å²) in [5.41, 5.74) is 0.374. The van der Waals surface area contributed by atoms with Gasteiger partial charge in [-0.2, -0.15) is 0 Å². The Morgan fingerprint density at radius 3 is 2.20 bits per heavy atom. The van der Waals surface area contributed by atoms with Gasteiger partial charge in [0.1, 0.15) is 0 Å². The van der Waals surface area contributed by atoms with Gasteiger partial charge in [0.15, 0.2) is 0 Å². The van der Waals surface area contributed by atoms with Gasteiger partial charge in [0.05, 0.1) is 5.92 Å². The Labute approximate surface area is 121 Å². The summed E-state index contributed by atoms with van der Waals surface area (Å²) < 4.78 is 0. The summed E-state index contributed by atoms with van der Waals surface area (Å²) in [5.74, 6) is -1.47. The fourth-order valence-electron chi connectivity index (χ4n) is 2.57. The van der Waals surface area contributed by atoms with Crippen LogP contribution in [0.4, 0.5) is 4.79 Å². The molecule has 0 heterocycles. The van der Waals surface area contributed by atoms with Gasteiger partial charge < -0.3 is 15.3 Å². The van der Waals surface area contributed by atoms with Gasteiger partial charge in [0.2, 0.25) is 0 Å². The first-order chi connectivity index (χ1) is 9.14. The van der Waals surface area contributed by atoms with Crippen LogP contribution in [-0.2, 0) is 4.79 Å². The number of aliphatic carboxylic acids is 1. The maximum Gasteiger partial charge on any atom is 0.317 e. The van der Waals surface area contributed by atoms with Crippen LogP contribution in [0.3, 0.4) is 0 Å². The van der Waals surface area contributed by atoms with E-state index >= 15 is 0 Å². The molecule has 0 saturated heterocycles. The summed E-state index contributed by atoms with van der Waals surface area (Å²) in [7, 11) is 1.80. The number of carboxylic acid groups (broad SMARTS) is 1. The lowest BCUT2D eigenvalue weighted by Crippen LogP contribution is -2.50. The van der Waals surface area contributed by atoms with Crippen LogP contribution in [0.25, 0.3) is 0 Å². The zero-order valence-corrected chi connectivity index (χ0v) is 13.3. The van der Waals surface area contributed by atoms with Crippen molar-refractivity contribution in [1.29, 1.82) is 0 Å². The molecule has 1 aliphatic carbocycles. The predicted octanol–water partition coefficient (Wildman–Crippen LogP) is 2.71. The molecule has 1 rings (SSSR count). The van der Waals surface area contributed by atoms with Gasteiger partial charge in [-0.25, -0.2) is 4.79 Å². The van der Waals surface area contributed by atoms with Crippen LogP contribution in [-0.4, -0.2) is 41.1 Å². The second-order valence-electron chi connectivity index (χ2n) is 6.87. The van der Waals surface area contributed by atoms with E-state index in [-0.39, 0.29) is 18.1 Å². The first-order valence-corrected chi connectivity index (χ1v) is 7.40. The highest BCUT2D eigenvalue weighted by atomic mass is 16.4. The number of rotatable bonds is 4. The van der Waals surface area contributed by atoms with Gasteiger partial charge >= 0.3 is 12.0 Å². The van der Waals surface area contributed by atoms with Crippen molar-refractivity contribution in [2.24, 2.45) is 11.3 Å². The number of urea groups is 1. The highest BCUT2D eigenvalue weighted by molar-refractivity contribution is 5.76. The van der Waals surface area contributed by atoms with Gasteiger partial charge in [-0.05, 0) is 44.9 Å². The Hall–Kier alpha value is -1.26. The molecule has 0 radical (unpaired) electrons. The van der Waals surface area contributed by atoms with Crippen LogP contribution in [0.2, 0.25) is 0 Å². The van der Waals surface area contributed by atoms with Crippen LogP contribution >= 0.6 is 0 Å². The molecule has 116 valence electrons. The quantitative estimate of drug-likeness (QED) is 0.834. The lowest BCUT2D eigenvalue weighted by molar-refractivity contribution is -0.141. The van der Waals surface area contributed by atoms with E-state index in [0.717, 1.165) is 25.7 Å². The molecular formula is C15H28N2O3. The van der Waals surface area contributed by atoms with E-state index in [4.69, 9.17) is 5.11 Å². The normalized spacial score (nSPS) is 21.9. The Kier molecular flexibility index (Phi) is 5.42. The summed E-state index contributed by atoms with van der Waals surface area (Å²) in [4.78, 5) is 24.8. The fraction of sp³-hybridized carbons (Fsp3) is 0.867. The number of carboxylic acids is 1. The van der Waals surface area contributed by atoms with E-state index < -0.39 is 11.9 Å². The fourth-order valence-corrected chi connectivity index (χ4v) is 2.57. The molecule has 0 spiro atoms. The topological polar surface area (TPSA) is 69.6 Å². The van der Waals surface area contributed by atoms with Crippen molar-refractivity contribution in [3.63, 3.8) is 0 Å². The summed E-state index contributed by atoms with van der Waals surface area (Å²) in [6.45, 7) is 7.87. The molecule has 0 aromatic heterocycles. The first-order valence-electron chi connectivity index (χ1n) is 7.40. The molecule has 2 atom stereocenters. The van der Waals surface area contributed by atoms with E-state index in [1.807, 2.05) is 0 Å². The van der Waals surface area contributed by atoms with Crippen molar-refractivity contribution in [1.82, 2.24) is 10.2 Å². The van der Waals surface area contributed by atoms with E-state index in [1.54, 1.807) is 25.8 Å². The molecule has 20 heavy (non-hydrogen) atoms. The molecule has 0 bridgehead atoms. The number of hydrogen-bond acceptors (Lipinski definition) is 2. The molecule has 2 amide bonds. The van der Waals surface area contributed by atoms with E-state index in [2.05, 4.69) is 19.2 Å². The van der Waals surface area contributed by atoms with Crippen molar-refractivity contribution < 1.29 is 14.7 Å². The second-order valence-corrected chi connectivity index (χ2v) is 6.87. The molecular weight excluding hydrogens is 256 g/mol. The third-order valence-corrected chi connectivity index (χ3v) is 4.67. The van der Waals surface area contributed by atoms with Crippen LogP contribution in [0.15, 0.2) is 0 Å². The molecule has 0 aromatic rings. The second kappa shape index (κ2) is 6.46. The average Bonchev–Trinajstić information content (AvgIpc) is 2.36. The number of carbonyl (C=O) groups excluding carboxylic acids is 1. The lowest BCUT2D eigenvalue weighted by atomic mass is 9.75. The van der Waals surface area contributed by atoms with Crippen molar-refractivity contribution in [2.75, 3.05) is 7.05 Å². The summed E-state index contributed by atoms with van der Waals surface area (Å²) in [6.07, 6.45) is 4.27. The number of nitrogens with zero attached hydrogens (tertiary/aromatic N) is 1. The number of amides is 2. The maximum absolute atomic E-state index is 12.2. The van der Waals surface area contributed by atoms with Gasteiger partial charge in [-0.15, -0.1) is 0 Å². The Morgan fingerprint density at radius 1 is 1.25 bits per heavy atom. The first kappa shape index (κ1) is 16.8. The molecule has 0 aliphatic heterocycles. The minimum absolute atomic E-state index is 0.171. The van der Waals surface area contributed by atoms with Gasteiger partial charge in [-0.1, -0.05) is 13.8 Å². The van der Waals surface area contributed by atoms with Crippen molar-refractivity contribution >= 4 is 12.0 Å². The van der Waals surface area contributed by atoms with Crippen molar-refractivity contribution in [3.05, 3.63) is 0 Å². The molecule has 2 unspecified atom stereocenters. The summed E-state index contributed by atoms with van der Waals surface area (Å²) in [6, 6.07) is -0.284. The summed E-state index contributed by atoms with van der Waals surface area (Å²) in [5, 5.41) is 11.7. The van der Waals surface area contributed by atoms with Crippen LogP contribution in [0.5, 0.6) is 0 Å². The van der Waals surface area contributed by atoms with Crippen LogP contribution in [0.1, 0.15) is 53.4 Å². The number of hydrogen-bond donors (Lipinski definition) is 2. The standard InChI is InChI=1S/C15H28N2O3/c1-10(13(18)19)11(2)16-14(20)17(5)12-6-8-15(3,4)9-7-12/h10-12H,6-9H2,1-5H3,(H,16,20)(H,18,19). The highest BCUT2D eigenvalue weighted by Crippen LogP contribution is 2.36. The van der Waals surface area contributed by atoms with Crippen molar-refractivity contribution in [2.45, 2.75) is 65.5 Å². The number of carbonyl (C=O) groups is 2. The third-order valence-electron chi connectivity index (χ3n) is 4.67. The molecule has 5 nitrogen and oxygen atoms in total. The van der Waals surface area contributed by atoms with E-state index in [1.165, 1.54) is 0 Å². The minimum atomic E-state index is -0.889. The average molecular weight is 284 g/mol. The molecule has 5 heteroatoms. The Bertz CT molecular complexity index is 358. The van der Waals surface area contributed by atoms with Crippen LogP contribution < -0.4 is 5.32 Å². The predicted molar refractivity (Wildman–Crippen MR) is 78.6 cm³/mol. The van der Waals surface area contributed by atoms with Crippen LogP contribution in [0, 0.1) is 11.3 Å². The Morgan fingerprint density at radius 2 is 1.75 bits per heavy atom. The van der Waals surface area contributed by atoms with Crippen molar-refractivity contribution in [3.8, 4) is 0 Å². The smallest absolute Gasteiger partial charge is 0.317 e. The molecule has 2 N–H and O–H groups in total. The van der Waals surface area contributed by atoms with Gasteiger partial charge in [0, 0.05) is 19.1 Å². The van der Waals surface area contributed by atoms with E-state index in [0.29, 0.717) is 5.41 Å². The maximum atomic E-state index is 12.2. The van der Waals surface area contributed by atoms with Gasteiger partial charge in [0.25, 0.3) is 0 Å². The molecule has 1 saturated carbocycles. The third kappa shape index (κ3) is 4.39. The molecule has 0 aromatic carbocycles.